The Hall–Kier alpha value is -0.690. The van der Waals surface area contributed by atoms with Crippen molar-refractivity contribution in [3.8, 4) is 0 Å². The van der Waals surface area contributed by atoms with Crippen molar-refractivity contribution < 1.29 is 24.6 Å². The van der Waals surface area contributed by atoms with Crippen molar-refractivity contribution >= 4 is 5.97 Å². The minimum Gasteiger partial charge on any atom is -0.431 e. The molecule has 0 aliphatic heterocycles. The highest BCUT2D eigenvalue weighted by atomic mass is 16.8. The summed E-state index contributed by atoms with van der Waals surface area (Å²) in [5, 5.41) is 17.4. The summed E-state index contributed by atoms with van der Waals surface area (Å²) < 4.78 is 4.51. The summed E-state index contributed by atoms with van der Waals surface area (Å²) in [5.41, 5.74) is 0. The van der Waals surface area contributed by atoms with Crippen molar-refractivity contribution in [1.82, 2.24) is 0 Å². The van der Waals surface area contributed by atoms with Gasteiger partial charge < -0.3 is 14.9 Å². The molecule has 72 valence electrons. The minimum absolute atomic E-state index is 0.151. The fourth-order valence-corrected chi connectivity index (χ4v) is 0.496. The largest absolute Gasteiger partial charge is 0.431 e. The third-order valence-electron chi connectivity index (χ3n) is 1.17. The van der Waals surface area contributed by atoms with Crippen LogP contribution in [0.5, 0.6) is 0 Å². The zero-order valence-corrected chi connectivity index (χ0v) is 6.77. The van der Waals surface area contributed by atoms with Gasteiger partial charge in [0.2, 0.25) is 6.29 Å². The maximum absolute atomic E-state index is 10.7. The van der Waals surface area contributed by atoms with Crippen LogP contribution in [-0.4, -0.2) is 35.2 Å². The van der Waals surface area contributed by atoms with Crippen molar-refractivity contribution in [3.63, 3.8) is 0 Å². The number of hydrogen-bond donors (Lipinski definition) is 3. The summed E-state index contributed by atoms with van der Waals surface area (Å²) in [6.07, 6.45) is -2.47. The molecule has 6 nitrogen and oxygen atoms in total. The first-order valence-electron chi connectivity index (χ1n) is 3.49. The van der Waals surface area contributed by atoms with Crippen LogP contribution < -0.4 is 5.90 Å². The van der Waals surface area contributed by atoms with Crippen molar-refractivity contribution in [2.75, 3.05) is 6.61 Å². The highest BCUT2D eigenvalue weighted by molar-refractivity contribution is 5.69. The first-order chi connectivity index (χ1) is 5.65. The van der Waals surface area contributed by atoms with Gasteiger partial charge in [0.15, 0.2) is 0 Å². The SMILES string of the molecule is CCC(=O)OC(ON)C(O)CO. The molecular formula is C6H13NO5. The topological polar surface area (TPSA) is 102 Å². The fourth-order valence-electron chi connectivity index (χ4n) is 0.496. The lowest BCUT2D eigenvalue weighted by Crippen LogP contribution is -2.38. The summed E-state index contributed by atoms with van der Waals surface area (Å²) >= 11 is 0. The van der Waals surface area contributed by atoms with Crippen LogP contribution >= 0.6 is 0 Å². The maximum Gasteiger partial charge on any atom is 0.307 e. The number of nitrogens with two attached hydrogens (primary N) is 1. The monoisotopic (exact) mass is 179 g/mol. The van der Waals surface area contributed by atoms with E-state index in [1.165, 1.54) is 0 Å². The van der Waals surface area contributed by atoms with Crippen molar-refractivity contribution in [2.24, 2.45) is 5.90 Å². The predicted octanol–water partition coefficient (Wildman–Crippen LogP) is -1.49. The average Bonchev–Trinajstić information content (AvgIpc) is 2.12. The number of aliphatic hydroxyl groups is 2. The lowest BCUT2D eigenvalue weighted by atomic mass is 10.3. The molecule has 4 N–H and O–H groups in total. The molecule has 0 rings (SSSR count). The van der Waals surface area contributed by atoms with Gasteiger partial charge in [0.25, 0.3) is 0 Å². The van der Waals surface area contributed by atoms with Crippen LogP contribution in [0.3, 0.4) is 0 Å². The molecule has 12 heavy (non-hydrogen) atoms. The summed E-state index contributed by atoms with van der Waals surface area (Å²) in [5.74, 6) is 4.15. The Kier molecular flexibility index (Phi) is 5.56. The molecule has 0 aromatic heterocycles. The Bertz CT molecular complexity index is 140. The second kappa shape index (κ2) is 5.90. The Morgan fingerprint density at radius 3 is 2.58 bits per heavy atom. The van der Waals surface area contributed by atoms with Crippen LogP contribution in [0.4, 0.5) is 0 Å². The van der Waals surface area contributed by atoms with Crippen LogP contribution in [-0.2, 0) is 14.4 Å². The second-order valence-corrected chi connectivity index (χ2v) is 2.10. The van der Waals surface area contributed by atoms with Gasteiger partial charge in [-0.3, -0.25) is 9.63 Å². The quantitative estimate of drug-likeness (QED) is 0.270. The second-order valence-electron chi connectivity index (χ2n) is 2.10. The molecule has 2 unspecified atom stereocenters. The number of aliphatic hydroxyl groups excluding tert-OH is 2. The van der Waals surface area contributed by atoms with Gasteiger partial charge in [-0.2, -0.15) is 0 Å². The highest BCUT2D eigenvalue weighted by Gasteiger charge is 2.21. The van der Waals surface area contributed by atoms with E-state index in [-0.39, 0.29) is 6.42 Å². The molecule has 6 heteroatoms. The molecule has 0 saturated heterocycles. The molecule has 2 atom stereocenters. The number of carbonyl (C=O) groups excluding carboxylic acids is 1. The molecule has 0 bridgehead atoms. The minimum atomic E-state index is -1.31. The molecule has 0 aliphatic carbocycles. The van der Waals surface area contributed by atoms with E-state index in [0.29, 0.717) is 0 Å². The van der Waals surface area contributed by atoms with Crippen LogP contribution in [0.2, 0.25) is 0 Å². The molecule has 0 aromatic rings. The van der Waals surface area contributed by atoms with Gasteiger partial charge in [-0.25, -0.2) is 5.90 Å². The van der Waals surface area contributed by atoms with Crippen molar-refractivity contribution in [1.29, 1.82) is 0 Å². The Balaban J connectivity index is 3.90. The summed E-state index contributed by atoms with van der Waals surface area (Å²) in [6.45, 7) is 1.00. The average molecular weight is 179 g/mol. The van der Waals surface area contributed by atoms with Gasteiger partial charge in [0, 0.05) is 6.42 Å². The van der Waals surface area contributed by atoms with E-state index in [2.05, 4.69) is 9.57 Å². The van der Waals surface area contributed by atoms with E-state index in [9.17, 15) is 4.79 Å². The zero-order valence-electron chi connectivity index (χ0n) is 6.77. The molecule has 0 amide bonds. The highest BCUT2D eigenvalue weighted by Crippen LogP contribution is 2.00. The van der Waals surface area contributed by atoms with Gasteiger partial charge >= 0.3 is 5.97 Å². The summed E-state index contributed by atoms with van der Waals surface area (Å²) in [7, 11) is 0. The number of ether oxygens (including phenoxy) is 1. The smallest absolute Gasteiger partial charge is 0.307 e. The van der Waals surface area contributed by atoms with Crippen LogP contribution in [0.15, 0.2) is 0 Å². The fraction of sp³-hybridized carbons (Fsp3) is 0.833. The molecule has 0 fully saturated rings. The van der Waals surface area contributed by atoms with E-state index in [1.54, 1.807) is 6.92 Å². The third-order valence-corrected chi connectivity index (χ3v) is 1.17. The predicted molar refractivity (Wildman–Crippen MR) is 38.5 cm³/mol. The lowest BCUT2D eigenvalue weighted by molar-refractivity contribution is -0.209. The maximum atomic E-state index is 10.7. The van der Waals surface area contributed by atoms with E-state index in [0.717, 1.165) is 0 Å². The molecule has 0 heterocycles. The molecule has 0 aromatic carbocycles. The van der Waals surface area contributed by atoms with Crippen LogP contribution in [0, 0.1) is 0 Å². The third kappa shape index (κ3) is 3.63. The van der Waals surface area contributed by atoms with Crippen LogP contribution in [0.25, 0.3) is 0 Å². The van der Waals surface area contributed by atoms with E-state index >= 15 is 0 Å². The summed E-state index contributed by atoms with van der Waals surface area (Å²) in [6, 6.07) is 0. The van der Waals surface area contributed by atoms with E-state index in [1.807, 2.05) is 0 Å². The lowest BCUT2D eigenvalue weighted by Gasteiger charge is -2.18. The standard InChI is InChI=1S/C6H13NO5/c1-2-5(10)11-6(12-7)4(9)3-8/h4,6,8-9H,2-3,7H2,1H3. The van der Waals surface area contributed by atoms with Gasteiger partial charge in [-0.05, 0) is 0 Å². The first-order valence-corrected chi connectivity index (χ1v) is 3.49. The number of rotatable bonds is 5. The number of carbonyl (C=O) groups is 1. The molecule has 0 aliphatic rings. The Labute approximate surface area is 69.8 Å². The zero-order chi connectivity index (χ0) is 9.56. The Morgan fingerprint density at radius 2 is 2.25 bits per heavy atom. The van der Waals surface area contributed by atoms with Gasteiger partial charge in [0.1, 0.15) is 6.10 Å². The Morgan fingerprint density at radius 1 is 1.67 bits per heavy atom. The molecule has 0 saturated carbocycles. The van der Waals surface area contributed by atoms with Crippen LogP contribution in [0.1, 0.15) is 13.3 Å². The van der Waals surface area contributed by atoms with E-state index in [4.69, 9.17) is 16.1 Å². The number of esters is 1. The summed E-state index contributed by atoms with van der Waals surface area (Å²) in [4.78, 5) is 14.8. The normalized spacial score (nSPS) is 15.3. The molecule has 0 radical (unpaired) electrons. The van der Waals surface area contributed by atoms with E-state index < -0.39 is 25.0 Å². The molecule has 0 spiro atoms. The van der Waals surface area contributed by atoms with Gasteiger partial charge in [-0.1, -0.05) is 6.92 Å². The van der Waals surface area contributed by atoms with Crippen molar-refractivity contribution in [2.45, 2.75) is 25.7 Å². The van der Waals surface area contributed by atoms with Gasteiger partial charge in [0.05, 0.1) is 6.61 Å². The van der Waals surface area contributed by atoms with Gasteiger partial charge in [-0.15, -0.1) is 0 Å². The number of hydrogen-bond acceptors (Lipinski definition) is 6. The molecular weight excluding hydrogens is 166 g/mol. The van der Waals surface area contributed by atoms with Crippen molar-refractivity contribution in [3.05, 3.63) is 0 Å². The first kappa shape index (κ1) is 11.3.